The topological polar surface area (TPSA) is 117 Å². The Kier molecular flexibility index (Phi) is 42.2. The lowest BCUT2D eigenvalue weighted by molar-refractivity contribution is -0.149. The minimum Gasteiger partial charge on any atom is -0.465 e. The molecular weight excluding hydrogens is 743 g/mol. The van der Waals surface area contributed by atoms with E-state index in [4.69, 9.17) is 9.47 Å². The van der Waals surface area contributed by atoms with Crippen molar-refractivity contribution in [1.82, 2.24) is 4.90 Å². The maximum absolute atomic E-state index is 13.0. The number of aliphatic hydroxyl groups is 3. The molecule has 0 aromatic carbocycles. The third kappa shape index (κ3) is 35.4. The average molecular weight is 834 g/mol. The molecule has 0 heterocycles. The normalized spacial score (nSPS) is 13.9. The lowest BCUT2D eigenvalue weighted by Gasteiger charge is -2.27. The van der Waals surface area contributed by atoms with Crippen LogP contribution in [0, 0.1) is 11.8 Å². The van der Waals surface area contributed by atoms with E-state index in [-0.39, 0.29) is 30.4 Å². The second-order valence-electron chi connectivity index (χ2n) is 16.2. The molecule has 4 unspecified atom stereocenters. The number of unbranched alkanes of at least 4 members (excludes halogenated alkanes) is 17. The molecule has 3 N–H and O–H groups in total. The molecule has 0 saturated heterocycles. The molecule has 0 rings (SSSR count). The Labute approximate surface area is 354 Å². The predicted molar refractivity (Wildman–Crippen MR) is 242 cm³/mol. The van der Waals surface area contributed by atoms with Crippen LogP contribution < -0.4 is 0 Å². The van der Waals surface area contributed by atoms with Crippen molar-refractivity contribution in [3.63, 3.8) is 0 Å². The minimum atomic E-state index is -0.575. The fourth-order valence-electron chi connectivity index (χ4n) is 7.22. The molecule has 0 radical (unpaired) electrons. The molecule has 8 nitrogen and oxygen atoms in total. The third-order valence-corrected chi connectivity index (χ3v) is 12.8. The summed E-state index contributed by atoms with van der Waals surface area (Å²) < 4.78 is 11.5. The first kappa shape index (κ1) is 55.5. The number of nitrogens with zero attached hydrogens (tertiary/aromatic N) is 1. The highest BCUT2D eigenvalue weighted by atomic mass is 32.2. The molecule has 0 aliphatic carbocycles. The highest BCUT2D eigenvalue weighted by Crippen LogP contribution is 2.22. The van der Waals surface area contributed by atoms with E-state index in [2.05, 4.69) is 32.6 Å². The predicted octanol–water partition coefficient (Wildman–Crippen LogP) is 11.0. The van der Waals surface area contributed by atoms with Gasteiger partial charge in [0.05, 0.1) is 24.0 Å². The quantitative estimate of drug-likeness (QED) is 0.0405. The Morgan fingerprint density at radius 3 is 1.20 bits per heavy atom. The number of hydrogen-bond donors (Lipinski definition) is 3. The van der Waals surface area contributed by atoms with E-state index in [0.717, 1.165) is 57.8 Å². The van der Waals surface area contributed by atoms with Gasteiger partial charge >= 0.3 is 11.9 Å². The Balaban J connectivity index is 4.61. The molecule has 0 amide bonds. The summed E-state index contributed by atoms with van der Waals surface area (Å²) in [6, 6.07) is 0. The van der Waals surface area contributed by atoms with Crippen molar-refractivity contribution in [2.45, 2.75) is 207 Å². The monoisotopic (exact) mass is 834 g/mol. The fourth-order valence-corrected chi connectivity index (χ4v) is 8.71. The number of hydrogen-bond acceptors (Lipinski definition) is 10. The van der Waals surface area contributed by atoms with Crippen molar-refractivity contribution in [2.24, 2.45) is 11.8 Å². The first-order chi connectivity index (χ1) is 27.3. The number of ether oxygens (including phenoxy) is 2. The van der Waals surface area contributed by atoms with E-state index >= 15 is 0 Å². The third-order valence-electron chi connectivity index (χ3n) is 10.7. The summed E-state index contributed by atoms with van der Waals surface area (Å²) in [7, 11) is 0. The van der Waals surface area contributed by atoms with Gasteiger partial charge in [0, 0.05) is 42.7 Å². The lowest BCUT2D eigenvalue weighted by Crippen LogP contribution is -2.40. The summed E-state index contributed by atoms with van der Waals surface area (Å²) in [6.45, 7) is 11.3. The number of carbonyl (C=O) groups is 2. The van der Waals surface area contributed by atoms with Gasteiger partial charge in [-0.2, -0.15) is 23.5 Å². The van der Waals surface area contributed by atoms with Crippen LogP contribution in [0.5, 0.6) is 0 Å². The van der Waals surface area contributed by atoms with Gasteiger partial charge in [-0.1, -0.05) is 156 Å². The van der Waals surface area contributed by atoms with Gasteiger partial charge < -0.3 is 24.8 Å². The average Bonchev–Trinajstić information content (AvgIpc) is 3.18. The van der Waals surface area contributed by atoms with E-state index < -0.39 is 12.2 Å². The van der Waals surface area contributed by atoms with Gasteiger partial charge in [-0.25, -0.2) is 0 Å². The number of carbonyl (C=O) groups excluding carboxylic acids is 2. The molecule has 0 fully saturated rings. The molecule has 0 aliphatic rings. The fraction of sp³-hybridized carbons (Fsp3) is 0.957. The van der Waals surface area contributed by atoms with Gasteiger partial charge in [0.1, 0.15) is 13.2 Å². The number of aliphatic hydroxyl groups excluding tert-OH is 3. The summed E-state index contributed by atoms with van der Waals surface area (Å²) >= 11 is 3.19. The van der Waals surface area contributed by atoms with Crippen LogP contribution in [0.1, 0.15) is 195 Å². The van der Waals surface area contributed by atoms with Crippen molar-refractivity contribution in [3.05, 3.63) is 0 Å². The van der Waals surface area contributed by atoms with Crippen molar-refractivity contribution in [3.8, 4) is 0 Å². The molecule has 56 heavy (non-hydrogen) atoms. The maximum Gasteiger partial charge on any atom is 0.308 e. The first-order valence-electron chi connectivity index (χ1n) is 23.5. The summed E-state index contributed by atoms with van der Waals surface area (Å²) in [5, 5.41) is 31.1. The van der Waals surface area contributed by atoms with Crippen LogP contribution >= 0.6 is 23.5 Å². The SMILES string of the molecule is CCCCCCCCC(CCCCCC)C(=O)OCCSCC(O)CN(CCCCO)CC(O)CSCCOC(=O)C(CCCCCC)CCCCCCCC. The molecule has 0 bridgehead atoms. The van der Waals surface area contributed by atoms with Crippen molar-refractivity contribution in [2.75, 3.05) is 62.5 Å². The largest absolute Gasteiger partial charge is 0.465 e. The van der Waals surface area contributed by atoms with E-state index in [1.807, 2.05) is 0 Å². The van der Waals surface area contributed by atoms with Gasteiger partial charge in [0.25, 0.3) is 0 Å². The van der Waals surface area contributed by atoms with Crippen LogP contribution in [0.2, 0.25) is 0 Å². The van der Waals surface area contributed by atoms with Crippen LogP contribution in [0.4, 0.5) is 0 Å². The second-order valence-corrected chi connectivity index (χ2v) is 18.5. The van der Waals surface area contributed by atoms with Crippen molar-refractivity contribution in [1.29, 1.82) is 0 Å². The molecule has 0 aromatic rings. The highest BCUT2D eigenvalue weighted by molar-refractivity contribution is 7.99. The highest BCUT2D eigenvalue weighted by Gasteiger charge is 2.21. The van der Waals surface area contributed by atoms with Gasteiger partial charge in [-0.3, -0.25) is 14.5 Å². The van der Waals surface area contributed by atoms with E-state index in [1.165, 1.54) is 103 Å². The minimum absolute atomic E-state index is 0.00196. The van der Waals surface area contributed by atoms with Crippen LogP contribution in [0.15, 0.2) is 0 Å². The molecule has 0 spiro atoms. The second kappa shape index (κ2) is 42.6. The molecule has 334 valence electrons. The van der Waals surface area contributed by atoms with Crippen LogP contribution in [0.25, 0.3) is 0 Å². The zero-order chi connectivity index (χ0) is 41.3. The standard InChI is InChI=1S/C46H91NO7S2/c1-5-9-13-17-19-23-29-41(27-21-15-11-7-3)45(51)53-33-35-55-39-43(49)37-47(31-25-26-32-48)38-44(50)40-56-36-34-54-46(52)42(28-22-16-12-8-4)30-24-20-18-14-10-6-2/h41-44,48-50H,5-40H2,1-4H3. The Morgan fingerprint density at radius 1 is 0.500 bits per heavy atom. The van der Waals surface area contributed by atoms with Gasteiger partial charge in [0.15, 0.2) is 0 Å². The van der Waals surface area contributed by atoms with Crippen molar-refractivity contribution >= 4 is 35.5 Å². The number of rotatable bonds is 44. The molecule has 0 aromatic heterocycles. The summed E-state index contributed by atoms with van der Waals surface area (Å²) in [4.78, 5) is 28.0. The molecule has 4 atom stereocenters. The molecule has 10 heteroatoms. The smallest absolute Gasteiger partial charge is 0.308 e. The summed E-state index contributed by atoms with van der Waals surface area (Å²) in [5.41, 5.74) is 0. The van der Waals surface area contributed by atoms with E-state index in [1.54, 1.807) is 23.5 Å². The number of thioether (sulfide) groups is 2. The van der Waals surface area contributed by atoms with Gasteiger partial charge in [-0.05, 0) is 45.1 Å². The van der Waals surface area contributed by atoms with Gasteiger partial charge in [-0.15, -0.1) is 0 Å². The summed E-state index contributed by atoms with van der Waals surface area (Å²) in [5.74, 6) is 2.24. The number of esters is 2. The zero-order valence-electron chi connectivity index (χ0n) is 37.0. The van der Waals surface area contributed by atoms with Crippen molar-refractivity contribution < 1.29 is 34.4 Å². The molecule has 0 aliphatic heterocycles. The van der Waals surface area contributed by atoms with E-state index in [0.29, 0.717) is 62.3 Å². The molecule has 0 saturated carbocycles. The Hall–Kier alpha value is -0.520. The lowest BCUT2D eigenvalue weighted by atomic mass is 9.94. The van der Waals surface area contributed by atoms with E-state index in [9.17, 15) is 24.9 Å². The van der Waals surface area contributed by atoms with Gasteiger partial charge in [0.2, 0.25) is 0 Å². The maximum atomic E-state index is 13.0. The van der Waals surface area contributed by atoms with Crippen LogP contribution in [-0.2, 0) is 19.1 Å². The van der Waals surface area contributed by atoms with Crippen LogP contribution in [0.3, 0.4) is 0 Å². The van der Waals surface area contributed by atoms with Crippen LogP contribution in [-0.4, -0.2) is 107 Å². The zero-order valence-corrected chi connectivity index (χ0v) is 38.6. The Bertz CT molecular complexity index is 792. The first-order valence-corrected chi connectivity index (χ1v) is 25.8. The Morgan fingerprint density at radius 2 is 0.839 bits per heavy atom. The molecular formula is C46H91NO7S2. The summed E-state index contributed by atoms with van der Waals surface area (Å²) in [6.07, 6.45) is 28.0.